The molecule has 0 unspecified atom stereocenters. The third-order valence-electron chi connectivity index (χ3n) is 2.87. The fourth-order valence-electron chi connectivity index (χ4n) is 1.93. The van der Waals surface area contributed by atoms with Gasteiger partial charge in [-0.3, -0.25) is 4.98 Å². The van der Waals surface area contributed by atoms with Crippen LogP contribution in [0.4, 0.5) is 0 Å². The quantitative estimate of drug-likeness (QED) is 0.784. The van der Waals surface area contributed by atoms with E-state index < -0.39 is 0 Å². The largest absolute Gasteiger partial charge is 1.00 e. The molecule has 114 valence electrons. The standard InChI is InChI=1S/C15H17BrN2O2.ClH/c1-19-14-7-12(6-13(16)15(14)20-2)10-18-9-11-4-3-5-17-8-11;/h3-8,18H,9-10H2,1-2H3;1H/p-1. The van der Waals surface area contributed by atoms with Gasteiger partial charge < -0.3 is 27.2 Å². The molecule has 0 amide bonds. The van der Waals surface area contributed by atoms with Gasteiger partial charge in [0.05, 0.1) is 18.7 Å². The third kappa shape index (κ3) is 4.88. The highest BCUT2D eigenvalue weighted by Crippen LogP contribution is 2.36. The van der Waals surface area contributed by atoms with E-state index in [2.05, 4.69) is 26.2 Å². The molecule has 0 aliphatic heterocycles. The molecule has 0 aliphatic rings. The van der Waals surface area contributed by atoms with E-state index in [0.717, 1.165) is 34.4 Å². The summed E-state index contributed by atoms with van der Waals surface area (Å²) < 4.78 is 11.5. The predicted octanol–water partition coefficient (Wildman–Crippen LogP) is 0.155. The Hall–Kier alpha value is -1.30. The highest BCUT2D eigenvalue weighted by Gasteiger charge is 2.10. The van der Waals surface area contributed by atoms with Gasteiger partial charge in [-0.2, -0.15) is 0 Å². The van der Waals surface area contributed by atoms with Crippen LogP contribution in [0.2, 0.25) is 0 Å². The Labute approximate surface area is 139 Å². The zero-order chi connectivity index (χ0) is 14.4. The topological polar surface area (TPSA) is 43.4 Å². The van der Waals surface area contributed by atoms with Crippen LogP contribution in [-0.2, 0) is 13.1 Å². The second kappa shape index (κ2) is 8.87. The van der Waals surface area contributed by atoms with Gasteiger partial charge in [0.2, 0.25) is 0 Å². The molecule has 0 atom stereocenters. The first-order chi connectivity index (χ1) is 9.74. The molecule has 0 spiro atoms. The minimum atomic E-state index is 0. The summed E-state index contributed by atoms with van der Waals surface area (Å²) in [7, 11) is 3.26. The maximum Gasteiger partial charge on any atom is 0.174 e. The number of methoxy groups -OCH3 is 2. The lowest BCUT2D eigenvalue weighted by atomic mass is 10.2. The molecule has 0 fully saturated rings. The van der Waals surface area contributed by atoms with E-state index in [1.165, 1.54) is 0 Å². The number of hydrogen-bond donors (Lipinski definition) is 1. The van der Waals surface area contributed by atoms with Gasteiger partial charge in [-0.05, 0) is 45.3 Å². The maximum atomic E-state index is 5.33. The lowest BCUT2D eigenvalue weighted by Gasteiger charge is -2.12. The van der Waals surface area contributed by atoms with Crippen molar-refractivity contribution in [2.75, 3.05) is 14.2 Å². The number of nitrogens with zero attached hydrogens (tertiary/aromatic N) is 1. The molecule has 0 saturated carbocycles. The Balaban J connectivity index is 0.00000220. The fourth-order valence-corrected chi connectivity index (χ4v) is 2.58. The number of rotatable bonds is 6. The summed E-state index contributed by atoms with van der Waals surface area (Å²) >= 11 is 3.49. The summed E-state index contributed by atoms with van der Waals surface area (Å²) in [6, 6.07) is 7.98. The van der Waals surface area contributed by atoms with Crippen LogP contribution in [0.5, 0.6) is 11.5 Å². The molecular weight excluding hydrogens is 356 g/mol. The molecule has 2 aromatic rings. The van der Waals surface area contributed by atoms with Crippen molar-refractivity contribution in [3.63, 3.8) is 0 Å². The number of pyridine rings is 1. The smallest absolute Gasteiger partial charge is 0.174 e. The van der Waals surface area contributed by atoms with Crippen LogP contribution in [0.1, 0.15) is 11.1 Å². The highest BCUT2D eigenvalue weighted by atomic mass is 79.9. The molecule has 1 N–H and O–H groups in total. The monoisotopic (exact) mass is 371 g/mol. The van der Waals surface area contributed by atoms with Gasteiger partial charge in [-0.25, -0.2) is 0 Å². The molecule has 1 heterocycles. The molecule has 2 rings (SSSR count). The van der Waals surface area contributed by atoms with Gasteiger partial charge in [0, 0.05) is 25.5 Å². The number of nitrogens with one attached hydrogen (secondary N) is 1. The van der Waals surface area contributed by atoms with Crippen LogP contribution in [-0.4, -0.2) is 19.2 Å². The van der Waals surface area contributed by atoms with Crippen molar-refractivity contribution in [1.82, 2.24) is 10.3 Å². The second-order valence-corrected chi connectivity index (χ2v) is 5.13. The van der Waals surface area contributed by atoms with Gasteiger partial charge in [0.15, 0.2) is 11.5 Å². The van der Waals surface area contributed by atoms with Gasteiger partial charge in [0.25, 0.3) is 0 Å². The molecule has 1 aromatic heterocycles. The first kappa shape index (κ1) is 17.8. The van der Waals surface area contributed by atoms with E-state index in [-0.39, 0.29) is 12.4 Å². The van der Waals surface area contributed by atoms with Crippen molar-refractivity contribution in [3.8, 4) is 11.5 Å². The first-order valence-electron chi connectivity index (χ1n) is 6.24. The van der Waals surface area contributed by atoms with E-state index in [1.54, 1.807) is 20.4 Å². The van der Waals surface area contributed by atoms with Gasteiger partial charge >= 0.3 is 0 Å². The Kier molecular flexibility index (Phi) is 7.50. The van der Waals surface area contributed by atoms with Crippen molar-refractivity contribution in [2.24, 2.45) is 0 Å². The first-order valence-corrected chi connectivity index (χ1v) is 7.04. The Morgan fingerprint density at radius 1 is 1.14 bits per heavy atom. The molecule has 0 bridgehead atoms. The number of hydrogen-bond acceptors (Lipinski definition) is 4. The normalized spacial score (nSPS) is 9.86. The van der Waals surface area contributed by atoms with Crippen LogP contribution < -0.4 is 27.2 Å². The second-order valence-electron chi connectivity index (χ2n) is 4.28. The molecule has 6 heteroatoms. The van der Waals surface area contributed by atoms with E-state index in [4.69, 9.17) is 9.47 Å². The summed E-state index contributed by atoms with van der Waals surface area (Å²) in [6.07, 6.45) is 3.63. The number of benzene rings is 1. The highest BCUT2D eigenvalue weighted by molar-refractivity contribution is 9.10. The molecule has 4 nitrogen and oxygen atoms in total. The zero-order valence-corrected chi connectivity index (χ0v) is 14.2. The van der Waals surface area contributed by atoms with Crippen molar-refractivity contribution < 1.29 is 21.9 Å². The lowest BCUT2D eigenvalue weighted by Crippen LogP contribution is -3.00. The number of ether oxygens (including phenoxy) is 2. The van der Waals surface area contributed by atoms with E-state index in [1.807, 2.05) is 30.5 Å². The van der Waals surface area contributed by atoms with E-state index in [9.17, 15) is 0 Å². The summed E-state index contributed by atoms with van der Waals surface area (Å²) in [5.74, 6) is 1.43. The Morgan fingerprint density at radius 2 is 1.90 bits per heavy atom. The van der Waals surface area contributed by atoms with Crippen LogP contribution in [0.15, 0.2) is 41.1 Å². The van der Waals surface area contributed by atoms with Crippen LogP contribution >= 0.6 is 15.9 Å². The summed E-state index contributed by atoms with van der Waals surface area (Å²) in [5.41, 5.74) is 2.28. The predicted molar refractivity (Wildman–Crippen MR) is 82.0 cm³/mol. The molecule has 1 aromatic carbocycles. The maximum absolute atomic E-state index is 5.33. The van der Waals surface area contributed by atoms with Crippen molar-refractivity contribution in [3.05, 3.63) is 52.3 Å². The average Bonchev–Trinajstić information content (AvgIpc) is 2.47. The van der Waals surface area contributed by atoms with Crippen molar-refractivity contribution in [1.29, 1.82) is 0 Å². The zero-order valence-electron chi connectivity index (χ0n) is 11.9. The SMILES string of the molecule is COc1cc(CNCc2cccnc2)cc(Br)c1OC.[Cl-]. The lowest BCUT2D eigenvalue weighted by molar-refractivity contribution is -0.00000458. The minimum Gasteiger partial charge on any atom is -1.00 e. The van der Waals surface area contributed by atoms with Gasteiger partial charge in [-0.1, -0.05) is 6.07 Å². The third-order valence-corrected chi connectivity index (χ3v) is 3.46. The molecule has 0 aliphatic carbocycles. The number of halogens is 2. The average molecular weight is 373 g/mol. The van der Waals surface area contributed by atoms with E-state index >= 15 is 0 Å². The summed E-state index contributed by atoms with van der Waals surface area (Å²) in [5, 5.41) is 3.38. The molecule has 21 heavy (non-hydrogen) atoms. The van der Waals surface area contributed by atoms with E-state index in [0.29, 0.717) is 5.75 Å². The van der Waals surface area contributed by atoms with Crippen LogP contribution in [0.3, 0.4) is 0 Å². The van der Waals surface area contributed by atoms with Crippen molar-refractivity contribution >= 4 is 15.9 Å². The summed E-state index contributed by atoms with van der Waals surface area (Å²) in [6.45, 7) is 1.52. The minimum absolute atomic E-state index is 0. The van der Waals surface area contributed by atoms with Crippen LogP contribution in [0, 0.1) is 0 Å². The Bertz CT molecular complexity index is 567. The van der Waals surface area contributed by atoms with Gasteiger partial charge in [0.1, 0.15) is 0 Å². The van der Waals surface area contributed by atoms with Crippen molar-refractivity contribution in [2.45, 2.75) is 13.1 Å². The van der Waals surface area contributed by atoms with Gasteiger partial charge in [-0.15, -0.1) is 0 Å². The molecule has 0 saturated heterocycles. The molecular formula is C15H17BrClN2O2-. The fraction of sp³-hybridized carbons (Fsp3) is 0.267. The van der Waals surface area contributed by atoms with Crippen LogP contribution in [0.25, 0.3) is 0 Å². The summed E-state index contributed by atoms with van der Waals surface area (Å²) in [4.78, 5) is 4.09. The molecule has 0 radical (unpaired) electrons. The Morgan fingerprint density at radius 3 is 2.52 bits per heavy atom. The number of aromatic nitrogens is 1.